The number of cyclic esters (lactones) is 1. The van der Waals surface area contributed by atoms with Crippen LogP contribution in [-0.2, 0) is 59.0 Å². The summed E-state index contributed by atoms with van der Waals surface area (Å²) in [6, 6.07) is -4.92. The van der Waals surface area contributed by atoms with Crippen LogP contribution in [0.25, 0.3) is 0 Å². The first-order valence-electron chi connectivity index (χ1n) is 21.6. The minimum absolute atomic E-state index is 0.0132. The largest absolute Gasteiger partial charge is 0.506 e. The van der Waals surface area contributed by atoms with Crippen LogP contribution in [0.15, 0.2) is 23.2 Å². The number of aliphatic imine (C=N–C) groups is 1. The third-order valence-corrected chi connectivity index (χ3v) is 12.5. The lowest BCUT2D eigenvalue weighted by Crippen LogP contribution is -2.66. The number of carbonyl (C=O) groups is 7. The number of guanidine groups is 1. The summed E-state index contributed by atoms with van der Waals surface area (Å²) in [4.78, 5) is 106. The van der Waals surface area contributed by atoms with Gasteiger partial charge in [-0.3, -0.25) is 37.9 Å². The molecule has 0 radical (unpaired) electrons. The Morgan fingerprint density at radius 2 is 1.67 bits per heavy atom. The van der Waals surface area contributed by atoms with Gasteiger partial charge in [-0.25, -0.2) is 4.79 Å². The number of amides is 6. The van der Waals surface area contributed by atoms with Crippen molar-refractivity contribution in [1.82, 2.24) is 31.1 Å². The highest BCUT2D eigenvalue weighted by Gasteiger charge is 2.47. The fourth-order valence-corrected chi connectivity index (χ4v) is 7.93. The summed E-state index contributed by atoms with van der Waals surface area (Å²) in [5.41, 5.74) is 11.3. The van der Waals surface area contributed by atoms with Gasteiger partial charge in [0.15, 0.2) is 12.1 Å². The van der Waals surface area contributed by atoms with Crippen LogP contribution in [0.1, 0.15) is 78.7 Å². The van der Waals surface area contributed by atoms with Gasteiger partial charge >= 0.3 is 5.97 Å². The maximum atomic E-state index is 14.9. The van der Waals surface area contributed by atoms with E-state index in [0.717, 1.165) is 9.80 Å². The van der Waals surface area contributed by atoms with E-state index in [9.17, 15) is 57.3 Å². The second-order valence-electron chi connectivity index (χ2n) is 16.7. The fraction of sp³-hybridized carbons (Fsp3) is 0.659. The molecule has 23 nitrogen and oxygen atoms in total. The number of aliphatic hydroxyl groups is 2. The minimum atomic E-state index is -4.14. The van der Waals surface area contributed by atoms with Gasteiger partial charge in [-0.05, 0) is 62.1 Å². The van der Waals surface area contributed by atoms with E-state index < -0.39 is 125 Å². The first-order chi connectivity index (χ1) is 30.8. The molecule has 2 saturated heterocycles. The van der Waals surface area contributed by atoms with Crippen molar-refractivity contribution < 1.29 is 66.2 Å². The summed E-state index contributed by atoms with van der Waals surface area (Å²) < 4.78 is 33.5. The first-order valence-corrected chi connectivity index (χ1v) is 23.7. The molecule has 3 rings (SSSR count). The molecule has 370 valence electrons. The summed E-state index contributed by atoms with van der Waals surface area (Å²) >= 11 is 6.23. The molecule has 2 aliphatic rings. The fourth-order valence-electron chi connectivity index (χ4n) is 7.35. The molecular weight excluding hydrogens is 910 g/mol. The van der Waals surface area contributed by atoms with Crippen LogP contribution in [0.4, 0.5) is 0 Å². The number of aromatic hydroxyl groups is 1. The zero-order valence-corrected chi connectivity index (χ0v) is 39.6. The number of benzene rings is 1. The molecule has 0 spiro atoms. The maximum Gasteiger partial charge on any atom is 0.329 e. The Labute approximate surface area is 388 Å². The number of phenolic OH excluding ortho intramolecular Hbond substituents is 1. The van der Waals surface area contributed by atoms with E-state index in [2.05, 4.69) is 30.4 Å². The Morgan fingerprint density at radius 3 is 2.26 bits per heavy atom. The molecule has 11 N–H and O–H groups in total. The zero-order valence-electron chi connectivity index (χ0n) is 38.1. The smallest absolute Gasteiger partial charge is 0.329 e. The van der Waals surface area contributed by atoms with Gasteiger partial charge in [0.05, 0.1) is 11.3 Å². The van der Waals surface area contributed by atoms with Crippen LogP contribution >= 0.6 is 11.6 Å². The molecule has 2 heterocycles. The minimum Gasteiger partial charge on any atom is -0.506 e. The molecule has 2 fully saturated rings. The lowest BCUT2D eigenvalue weighted by atomic mass is 9.91. The highest BCUT2D eigenvalue weighted by Crippen LogP contribution is 2.29. The number of rotatable bonds is 15. The third-order valence-electron chi connectivity index (χ3n) is 11.6. The number of aliphatic hydroxyl groups excluding tert-OH is 2. The maximum absolute atomic E-state index is 14.9. The van der Waals surface area contributed by atoms with Crippen LogP contribution in [0, 0.1) is 11.8 Å². The predicted octanol–water partition coefficient (Wildman–Crippen LogP) is -1.91. The van der Waals surface area contributed by atoms with Gasteiger partial charge in [-0.2, -0.15) is 8.42 Å². The summed E-state index contributed by atoms with van der Waals surface area (Å²) in [6.07, 6.45) is -4.59. The van der Waals surface area contributed by atoms with Gasteiger partial charge < -0.3 is 62.6 Å². The Bertz CT molecular complexity index is 2080. The van der Waals surface area contributed by atoms with Gasteiger partial charge in [0.2, 0.25) is 29.5 Å². The molecule has 6 amide bonds. The molecule has 66 heavy (non-hydrogen) atoms. The number of fused-ring (bicyclic) bond motifs is 2. The average Bonchev–Trinajstić information content (AvgIpc) is 3.25. The highest BCUT2D eigenvalue weighted by atomic mass is 35.5. The van der Waals surface area contributed by atoms with Crippen LogP contribution < -0.4 is 32.7 Å². The number of carbonyl (C=O) groups excluding carboxylic acids is 7. The van der Waals surface area contributed by atoms with Crippen molar-refractivity contribution in [3.8, 4) is 5.75 Å². The van der Waals surface area contributed by atoms with Crippen LogP contribution in [0.3, 0.4) is 0 Å². The number of esters is 1. The van der Waals surface area contributed by atoms with E-state index in [1.807, 2.05) is 0 Å². The number of phenols is 1. The number of halogens is 1. The van der Waals surface area contributed by atoms with E-state index in [-0.39, 0.29) is 61.8 Å². The van der Waals surface area contributed by atoms with Crippen molar-refractivity contribution in [1.29, 1.82) is 0 Å². The predicted molar refractivity (Wildman–Crippen MR) is 238 cm³/mol. The Morgan fingerprint density at radius 1 is 1.02 bits per heavy atom. The summed E-state index contributed by atoms with van der Waals surface area (Å²) in [5, 5.41) is 42.0. The molecule has 11 unspecified atom stereocenters. The standard InChI is InChI=1S/C41H64ClN9O14S/c1-8-20(3)31-40(61)65-22(5)32(49-36(57)29(53)19-64-66(7,62)63)37(58)46-25(11-10-16-45-41(43)44)34(55)47-26-13-15-30(54)51(38(26)59)33(21(4)9-2)39(60)50(6)27(35(56)48-31)18-23-12-14-28(52)24(42)17-23/h12,14,17,20-22,25-27,29-33,52-54H,8-11,13,15-16,18-19H2,1-7H3,(H,46,58)(H,47,55)(H,48,56)(H,49,57)(H4,43,44,45). The number of hydrogen-bond acceptors (Lipinski definition) is 15. The van der Waals surface area contributed by atoms with Gasteiger partial charge in [0.1, 0.15) is 60.9 Å². The number of ether oxygens (including phenoxy) is 1. The molecule has 1 aromatic carbocycles. The lowest BCUT2D eigenvalue weighted by Gasteiger charge is -2.44. The SMILES string of the molecule is CCC(C)C1NC(=O)C(Cc2ccc(O)c(Cl)c2)N(C)C(=O)C(C(C)CC)N2C(=O)C(CCC2O)NC(=O)C(CCCN=C(N)N)NC(=O)C(NC(=O)C(O)COS(C)(=O)=O)C(C)OC1=O. The number of nitrogens with one attached hydrogen (secondary N) is 4. The van der Waals surface area contributed by atoms with Gasteiger partial charge in [0.25, 0.3) is 16.0 Å². The molecule has 25 heteroatoms. The second kappa shape index (κ2) is 24.5. The molecule has 0 saturated carbocycles. The average molecular weight is 975 g/mol. The monoisotopic (exact) mass is 973 g/mol. The molecule has 0 aliphatic carbocycles. The molecule has 2 bridgehead atoms. The van der Waals surface area contributed by atoms with Gasteiger partial charge in [-0.1, -0.05) is 58.2 Å². The van der Waals surface area contributed by atoms with Crippen molar-refractivity contribution >= 4 is 69.1 Å². The number of likely N-dealkylation sites (N-methyl/N-ethyl adjacent to an activating group) is 1. The van der Waals surface area contributed by atoms with Crippen molar-refractivity contribution in [3.05, 3.63) is 28.8 Å². The van der Waals surface area contributed by atoms with E-state index in [1.54, 1.807) is 27.7 Å². The first kappa shape index (κ1) is 55.0. The summed E-state index contributed by atoms with van der Waals surface area (Å²) in [5.74, 6) is -8.81. The van der Waals surface area contributed by atoms with E-state index in [0.29, 0.717) is 18.2 Å². The topological polar surface area (TPSA) is 352 Å². The Kier molecular flexibility index (Phi) is 20.4. The van der Waals surface area contributed by atoms with Crippen molar-refractivity contribution in [2.75, 3.05) is 26.5 Å². The molecule has 1 aromatic rings. The van der Waals surface area contributed by atoms with Gasteiger partial charge in [0, 0.05) is 20.0 Å². The molecular formula is C41H64ClN9O14S. The number of nitrogens with two attached hydrogens (primary N) is 2. The van der Waals surface area contributed by atoms with E-state index >= 15 is 0 Å². The zero-order chi connectivity index (χ0) is 49.8. The lowest BCUT2D eigenvalue weighted by molar-refractivity contribution is -0.168. The molecule has 0 aromatic heterocycles. The number of nitrogens with zero attached hydrogens (tertiary/aromatic N) is 3. The number of hydrogen-bond donors (Lipinski definition) is 9. The van der Waals surface area contributed by atoms with E-state index in [4.69, 9.17) is 27.8 Å². The normalized spacial score (nSPS) is 26.6. The highest BCUT2D eigenvalue weighted by molar-refractivity contribution is 7.86. The molecule has 2 aliphatic heterocycles. The quantitative estimate of drug-likeness (QED) is 0.0305. The molecule has 11 atom stereocenters. The Balaban J connectivity index is 2.26. The Hall–Kier alpha value is -5.30. The van der Waals surface area contributed by atoms with Crippen LogP contribution in [0.2, 0.25) is 5.02 Å². The van der Waals surface area contributed by atoms with E-state index in [1.165, 1.54) is 32.2 Å². The number of piperidine rings is 1. The van der Waals surface area contributed by atoms with Crippen molar-refractivity contribution in [2.45, 2.75) is 134 Å². The van der Waals surface area contributed by atoms with Crippen molar-refractivity contribution in [3.63, 3.8) is 0 Å². The summed E-state index contributed by atoms with van der Waals surface area (Å²) in [7, 11) is -2.82. The van der Waals surface area contributed by atoms with Crippen LogP contribution in [-0.4, -0.2) is 162 Å². The van der Waals surface area contributed by atoms with Crippen LogP contribution in [0.5, 0.6) is 5.75 Å². The second-order valence-corrected chi connectivity index (χ2v) is 18.7. The summed E-state index contributed by atoms with van der Waals surface area (Å²) in [6.45, 7) is 6.89. The third kappa shape index (κ3) is 15.1. The van der Waals surface area contributed by atoms with Gasteiger partial charge in [-0.15, -0.1) is 0 Å². The van der Waals surface area contributed by atoms with Crippen molar-refractivity contribution in [2.24, 2.45) is 28.3 Å².